The lowest BCUT2D eigenvalue weighted by atomic mass is 9.94. The Hall–Kier alpha value is -2.08. The summed E-state index contributed by atoms with van der Waals surface area (Å²) >= 11 is 0. The van der Waals surface area contributed by atoms with Crippen molar-refractivity contribution < 1.29 is 19.2 Å². The smallest absolute Gasteiger partial charge is 0.279 e. The molecule has 0 aliphatic heterocycles. The Balaban J connectivity index is 1.99. The third kappa shape index (κ3) is 5.23. The van der Waals surface area contributed by atoms with Crippen LogP contribution in [0.25, 0.3) is 0 Å². The summed E-state index contributed by atoms with van der Waals surface area (Å²) in [6.07, 6.45) is 6.22. The SMILES string of the molecule is COc1ccc(NC(C)=O)cc1NC(=O)C[NH+](C)C1CCCCC1. The molecule has 1 aromatic carbocycles. The van der Waals surface area contributed by atoms with Gasteiger partial charge in [0.1, 0.15) is 5.75 Å². The van der Waals surface area contributed by atoms with Gasteiger partial charge in [-0.1, -0.05) is 6.42 Å². The Morgan fingerprint density at radius 1 is 1.21 bits per heavy atom. The highest BCUT2D eigenvalue weighted by Crippen LogP contribution is 2.27. The van der Waals surface area contributed by atoms with Gasteiger partial charge in [0.05, 0.1) is 25.9 Å². The summed E-state index contributed by atoms with van der Waals surface area (Å²) in [5.74, 6) is 0.378. The quantitative estimate of drug-likeness (QED) is 0.737. The molecule has 1 fully saturated rings. The molecule has 6 nitrogen and oxygen atoms in total. The highest BCUT2D eigenvalue weighted by atomic mass is 16.5. The van der Waals surface area contributed by atoms with Crippen molar-refractivity contribution in [3.8, 4) is 5.75 Å². The van der Waals surface area contributed by atoms with Crippen LogP contribution in [0, 0.1) is 0 Å². The van der Waals surface area contributed by atoms with Crippen LogP contribution in [-0.4, -0.2) is 38.6 Å². The fourth-order valence-corrected chi connectivity index (χ4v) is 3.27. The van der Waals surface area contributed by atoms with Crippen LogP contribution < -0.4 is 20.3 Å². The maximum absolute atomic E-state index is 12.4. The van der Waals surface area contributed by atoms with Crippen molar-refractivity contribution in [2.45, 2.75) is 45.1 Å². The maximum Gasteiger partial charge on any atom is 0.279 e. The molecule has 132 valence electrons. The normalized spacial score (nSPS) is 16.3. The van der Waals surface area contributed by atoms with Crippen LogP contribution in [0.3, 0.4) is 0 Å². The molecule has 1 aromatic rings. The zero-order valence-electron chi connectivity index (χ0n) is 14.8. The summed E-state index contributed by atoms with van der Waals surface area (Å²) in [7, 11) is 3.64. The number of amides is 2. The summed E-state index contributed by atoms with van der Waals surface area (Å²) < 4.78 is 5.29. The molecule has 1 atom stereocenters. The fourth-order valence-electron chi connectivity index (χ4n) is 3.27. The molecule has 0 saturated heterocycles. The molecule has 1 saturated carbocycles. The van der Waals surface area contributed by atoms with Crippen molar-refractivity contribution in [3.05, 3.63) is 18.2 Å². The van der Waals surface area contributed by atoms with E-state index in [2.05, 4.69) is 17.7 Å². The number of hydrogen-bond acceptors (Lipinski definition) is 3. The van der Waals surface area contributed by atoms with Gasteiger partial charge < -0.3 is 20.3 Å². The van der Waals surface area contributed by atoms with E-state index < -0.39 is 0 Å². The van der Waals surface area contributed by atoms with Gasteiger partial charge in [0.25, 0.3) is 5.91 Å². The van der Waals surface area contributed by atoms with Crippen molar-refractivity contribution in [1.82, 2.24) is 0 Å². The molecule has 1 aliphatic rings. The van der Waals surface area contributed by atoms with Crippen molar-refractivity contribution in [2.24, 2.45) is 0 Å². The molecule has 0 aromatic heterocycles. The largest absolute Gasteiger partial charge is 0.495 e. The van der Waals surface area contributed by atoms with Crippen LogP contribution in [0.2, 0.25) is 0 Å². The number of methoxy groups -OCH3 is 1. The zero-order chi connectivity index (χ0) is 17.5. The number of carbonyl (C=O) groups is 2. The zero-order valence-corrected chi connectivity index (χ0v) is 14.8. The summed E-state index contributed by atoms with van der Waals surface area (Å²) in [4.78, 5) is 24.8. The van der Waals surface area contributed by atoms with Crippen LogP contribution in [0.15, 0.2) is 18.2 Å². The predicted molar refractivity (Wildman–Crippen MR) is 94.6 cm³/mol. The third-order valence-corrected chi connectivity index (χ3v) is 4.54. The summed E-state index contributed by atoms with van der Waals surface area (Å²) in [5.41, 5.74) is 1.21. The number of nitrogens with one attached hydrogen (secondary N) is 3. The number of anilines is 2. The number of quaternary nitrogens is 1. The van der Waals surface area contributed by atoms with E-state index in [4.69, 9.17) is 4.74 Å². The molecule has 0 spiro atoms. The number of carbonyl (C=O) groups excluding carboxylic acids is 2. The highest BCUT2D eigenvalue weighted by molar-refractivity contribution is 5.95. The summed E-state index contributed by atoms with van der Waals surface area (Å²) in [6, 6.07) is 5.76. The van der Waals surface area contributed by atoms with Gasteiger partial charge in [-0.05, 0) is 43.9 Å². The average molecular weight is 334 g/mol. The van der Waals surface area contributed by atoms with E-state index in [0.29, 0.717) is 29.7 Å². The van der Waals surface area contributed by atoms with E-state index in [0.717, 1.165) is 0 Å². The molecule has 1 unspecified atom stereocenters. The topological polar surface area (TPSA) is 71.9 Å². The minimum Gasteiger partial charge on any atom is -0.495 e. The van der Waals surface area contributed by atoms with E-state index >= 15 is 0 Å². The molecule has 3 N–H and O–H groups in total. The minimum atomic E-state index is -0.154. The fraction of sp³-hybridized carbons (Fsp3) is 0.556. The summed E-state index contributed by atoms with van der Waals surface area (Å²) in [6.45, 7) is 1.88. The first-order valence-electron chi connectivity index (χ1n) is 8.57. The van der Waals surface area contributed by atoms with Crippen molar-refractivity contribution in [2.75, 3.05) is 31.3 Å². The Bertz CT molecular complexity index is 583. The molecule has 0 radical (unpaired) electrons. The van der Waals surface area contributed by atoms with E-state index in [1.165, 1.54) is 43.9 Å². The lowest BCUT2D eigenvalue weighted by molar-refractivity contribution is -0.899. The van der Waals surface area contributed by atoms with E-state index in [1.54, 1.807) is 25.3 Å². The van der Waals surface area contributed by atoms with Gasteiger partial charge in [0, 0.05) is 12.6 Å². The molecule has 2 rings (SSSR count). The number of ether oxygens (including phenoxy) is 1. The molecular weight excluding hydrogens is 306 g/mol. The molecule has 6 heteroatoms. The van der Waals surface area contributed by atoms with Gasteiger partial charge in [-0.15, -0.1) is 0 Å². The van der Waals surface area contributed by atoms with Gasteiger partial charge in [-0.3, -0.25) is 9.59 Å². The molecular formula is C18H28N3O3+. The molecule has 0 heterocycles. The standard InChI is InChI=1S/C18H27N3O3/c1-13(22)19-14-9-10-17(24-3)16(11-14)20-18(23)12-21(2)15-7-5-4-6-8-15/h9-11,15H,4-8,12H2,1-3H3,(H,19,22)(H,20,23)/p+1. The Morgan fingerprint density at radius 2 is 1.92 bits per heavy atom. The second-order valence-electron chi connectivity index (χ2n) is 6.50. The molecule has 0 bridgehead atoms. The Morgan fingerprint density at radius 3 is 2.54 bits per heavy atom. The van der Waals surface area contributed by atoms with Crippen molar-refractivity contribution >= 4 is 23.2 Å². The second kappa shape index (κ2) is 8.68. The van der Waals surface area contributed by atoms with Gasteiger partial charge in [-0.25, -0.2) is 0 Å². The van der Waals surface area contributed by atoms with E-state index in [-0.39, 0.29) is 11.8 Å². The minimum absolute atomic E-state index is 0.0450. The maximum atomic E-state index is 12.4. The van der Waals surface area contributed by atoms with Crippen molar-refractivity contribution in [1.29, 1.82) is 0 Å². The van der Waals surface area contributed by atoms with Gasteiger partial charge >= 0.3 is 0 Å². The number of rotatable bonds is 6. The van der Waals surface area contributed by atoms with Crippen LogP contribution >= 0.6 is 0 Å². The summed E-state index contributed by atoms with van der Waals surface area (Å²) in [5, 5.41) is 5.62. The lowest BCUT2D eigenvalue weighted by Gasteiger charge is -2.27. The molecule has 24 heavy (non-hydrogen) atoms. The van der Waals surface area contributed by atoms with Gasteiger partial charge in [-0.2, -0.15) is 0 Å². The van der Waals surface area contributed by atoms with Crippen molar-refractivity contribution in [3.63, 3.8) is 0 Å². The number of likely N-dealkylation sites (N-methyl/N-ethyl adjacent to an activating group) is 1. The van der Waals surface area contributed by atoms with E-state index in [9.17, 15) is 9.59 Å². The van der Waals surface area contributed by atoms with Gasteiger partial charge in [0.15, 0.2) is 6.54 Å². The third-order valence-electron chi connectivity index (χ3n) is 4.54. The Kier molecular flexibility index (Phi) is 6.61. The molecule has 1 aliphatic carbocycles. The first-order chi connectivity index (χ1) is 11.5. The van der Waals surface area contributed by atoms with Crippen LogP contribution in [0.1, 0.15) is 39.0 Å². The van der Waals surface area contributed by atoms with Crippen LogP contribution in [0.5, 0.6) is 5.75 Å². The average Bonchev–Trinajstić information content (AvgIpc) is 2.55. The van der Waals surface area contributed by atoms with E-state index in [1.807, 2.05) is 0 Å². The van der Waals surface area contributed by atoms with Gasteiger partial charge in [0.2, 0.25) is 5.91 Å². The first kappa shape index (κ1) is 18.3. The van der Waals surface area contributed by atoms with Crippen LogP contribution in [-0.2, 0) is 9.59 Å². The number of benzene rings is 1. The first-order valence-corrected chi connectivity index (χ1v) is 8.57. The van der Waals surface area contributed by atoms with Crippen LogP contribution in [0.4, 0.5) is 11.4 Å². The Labute approximate surface area is 143 Å². The highest BCUT2D eigenvalue weighted by Gasteiger charge is 2.23. The molecule has 2 amide bonds. The second-order valence-corrected chi connectivity index (χ2v) is 6.50. The lowest BCUT2D eigenvalue weighted by Crippen LogP contribution is -3.14. The number of hydrogen-bond donors (Lipinski definition) is 3. The predicted octanol–water partition coefficient (Wildman–Crippen LogP) is 1.44. The monoisotopic (exact) mass is 334 g/mol.